The lowest BCUT2D eigenvalue weighted by Crippen LogP contribution is -2.24. The van der Waals surface area contributed by atoms with Gasteiger partial charge in [-0.2, -0.15) is 0 Å². The van der Waals surface area contributed by atoms with Gasteiger partial charge in [-0.15, -0.1) is 0 Å². The number of hydrogen-bond donors (Lipinski definition) is 3. The largest absolute Gasteiger partial charge is 0.448 e. The molecule has 0 saturated heterocycles. The summed E-state index contributed by atoms with van der Waals surface area (Å²) in [5, 5.41) is 6.26. The Morgan fingerprint density at radius 1 is 1.06 bits per heavy atom. The summed E-state index contributed by atoms with van der Waals surface area (Å²) in [6.45, 7) is 1.22. The predicted molar refractivity (Wildman–Crippen MR) is 115 cm³/mol. The molecule has 32 heavy (non-hydrogen) atoms. The number of H-pyrrole nitrogens is 1. The maximum absolute atomic E-state index is 13.8. The molecule has 1 amide bonds. The summed E-state index contributed by atoms with van der Waals surface area (Å²) < 4.78 is 32.8. The molecule has 0 spiro atoms. The van der Waals surface area contributed by atoms with E-state index < -0.39 is 11.7 Å². The van der Waals surface area contributed by atoms with Crippen molar-refractivity contribution in [1.29, 1.82) is 0 Å². The molecule has 2 aromatic carbocycles. The van der Waals surface area contributed by atoms with Crippen molar-refractivity contribution < 1.29 is 18.0 Å². The summed E-state index contributed by atoms with van der Waals surface area (Å²) >= 11 is 6.06. The van der Waals surface area contributed by atoms with Gasteiger partial charge in [0.1, 0.15) is 23.4 Å². The van der Waals surface area contributed by atoms with Crippen LogP contribution in [0, 0.1) is 11.6 Å². The molecule has 0 saturated carbocycles. The Bertz CT molecular complexity index is 1200. The van der Waals surface area contributed by atoms with Gasteiger partial charge in [-0.05, 0) is 18.2 Å². The second-order valence-corrected chi connectivity index (χ2v) is 7.49. The molecule has 0 aliphatic rings. The van der Waals surface area contributed by atoms with Crippen LogP contribution in [0.15, 0.2) is 47.1 Å². The molecule has 3 N–H and O–H groups in total. The van der Waals surface area contributed by atoms with Crippen LogP contribution in [-0.2, 0) is 19.4 Å². The molecule has 2 aromatic heterocycles. The SMILES string of the molecule is O=C(NCc1ccccc1F)c1coc(CCNCCc2nc3c(F)ccc(Cl)c3[nH]2)n1. The van der Waals surface area contributed by atoms with Crippen molar-refractivity contribution in [2.75, 3.05) is 13.1 Å². The fourth-order valence-corrected chi connectivity index (χ4v) is 3.36. The van der Waals surface area contributed by atoms with Crippen LogP contribution in [0.3, 0.4) is 0 Å². The molecule has 10 heteroatoms. The summed E-state index contributed by atoms with van der Waals surface area (Å²) in [7, 11) is 0. The van der Waals surface area contributed by atoms with E-state index in [2.05, 4.69) is 25.6 Å². The van der Waals surface area contributed by atoms with Gasteiger partial charge in [-0.3, -0.25) is 4.79 Å². The molecule has 4 rings (SSSR count). The van der Waals surface area contributed by atoms with E-state index in [4.69, 9.17) is 16.0 Å². The Balaban J connectivity index is 1.21. The zero-order valence-electron chi connectivity index (χ0n) is 16.9. The Labute approximate surface area is 187 Å². The zero-order valence-corrected chi connectivity index (χ0v) is 17.7. The molecule has 0 aliphatic carbocycles. The normalized spacial score (nSPS) is 11.2. The number of carbonyl (C=O) groups is 1. The van der Waals surface area contributed by atoms with Crippen molar-refractivity contribution in [3.63, 3.8) is 0 Å². The Morgan fingerprint density at radius 2 is 1.88 bits per heavy atom. The van der Waals surface area contributed by atoms with Crippen molar-refractivity contribution in [2.24, 2.45) is 0 Å². The molecule has 0 unspecified atom stereocenters. The average Bonchev–Trinajstić information content (AvgIpc) is 3.44. The summed E-state index contributed by atoms with van der Waals surface area (Å²) in [4.78, 5) is 23.6. The number of imidazole rings is 1. The number of rotatable bonds is 9. The van der Waals surface area contributed by atoms with Crippen molar-refractivity contribution >= 4 is 28.5 Å². The number of benzene rings is 2. The summed E-state index contributed by atoms with van der Waals surface area (Å²) in [5.41, 5.74) is 1.25. The lowest BCUT2D eigenvalue weighted by molar-refractivity contribution is 0.0945. The third-order valence-electron chi connectivity index (χ3n) is 4.83. The second kappa shape index (κ2) is 9.88. The fraction of sp³-hybridized carbons (Fsp3) is 0.227. The molecule has 166 valence electrons. The topological polar surface area (TPSA) is 95.8 Å². The number of aromatic nitrogens is 3. The van der Waals surface area contributed by atoms with Gasteiger partial charge in [0.15, 0.2) is 17.4 Å². The summed E-state index contributed by atoms with van der Waals surface area (Å²) in [5.74, 6) is -0.198. The van der Waals surface area contributed by atoms with E-state index in [9.17, 15) is 13.6 Å². The van der Waals surface area contributed by atoms with Crippen LogP contribution < -0.4 is 10.6 Å². The number of aromatic amines is 1. The molecule has 0 aliphatic heterocycles. The minimum absolute atomic E-state index is 0.0617. The van der Waals surface area contributed by atoms with E-state index in [1.54, 1.807) is 18.2 Å². The molecular formula is C22H20ClF2N5O2. The highest BCUT2D eigenvalue weighted by Crippen LogP contribution is 2.23. The minimum Gasteiger partial charge on any atom is -0.448 e. The predicted octanol–water partition coefficient (Wildman–Crippen LogP) is 3.79. The summed E-state index contributed by atoms with van der Waals surface area (Å²) in [6, 6.07) is 9.01. The summed E-state index contributed by atoms with van der Waals surface area (Å²) in [6.07, 6.45) is 2.31. The van der Waals surface area contributed by atoms with Crippen molar-refractivity contribution in [3.8, 4) is 0 Å². The number of oxazole rings is 1. The molecule has 0 radical (unpaired) electrons. The average molecular weight is 460 g/mol. The van der Waals surface area contributed by atoms with Crippen LogP contribution in [0.4, 0.5) is 8.78 Å². The van der Waals surface area contributed by atoms with E-state index >= 15 is 0 Å². The molecule has 2 heterocycles. The maximum atomic E-state index is 13.8. The van der Waals surface area contributed by atoms with Crippen LogP contribution in [0.5, 0.6) is 0 Å². The molecule has 0 fully saturated rings. The monoisotopic (exact) mass is 459 g/mol. The van der Waals surface area contributed by atoms with Gasteiger partial charge in [-0.25, -0.2) is 18.7 Å². The van der Waals surface area contributed by atoms with Crippen LogP contribution in [0.2, 0.25) is 5.02 Å². The number of hydrogen-bond acceptors (Lipinski definition) is 5. The minimum atomic E-state index is -0.438. The Hall–Kier alpha value is -3.30. The van der Waals surface area contributed by atoms with Crippen LogP contribution in [0.1, 0.15) is 27.8 Å². The fourth-order valence-electron chi connectivity index (χ4n) is 3.16. The highest BCUT2D eigenvalue weighted by Gasteiger charge is 2.13. The van der Waals surface area contributed by atoms with Gasteiger partial charge in [0, 0.05) is 38.0 Å². The number of amides is 1. The van der Waals surface area contributed by atoms with Gasteiger partial charge in [0.05, 0.1) is 10.5 Å². The van der Waals surface area contributed by atoms with Gasteiger partial charge >= 0.3 is 0 Å². The van der Waals surface area contributed by atoms with Crippen LogP contribution >= 0.6 is 11.6 Å². The van der Waals surface area contributed by atoms with Crippen LogP contribution in [-0.4, -0.2) is 33.9 Å². The van der Waals surface area contributed by atoms with E-state index in [1.807, 2.05) is 0 Å². The molecular weight excluding hydrogens is 440 g/mol. The van der Waals surface area contributed by atoms with Gasteiger partial charge in [-0.1, -0.05) is 29.8 Å². The first-order chi connectivity index (χ1) is 15.5. The maximum Gasteiger partial charge on any atom is 0.273 e. The van der Waals surface area contributed by atoms with E-state index in [-0.39, 0.29) is 23.6 Å². The van der Waals surface area contributed by atoms with Crippen LogP contribution in [0.25, 0.3) is 11.0 Å². The van der Waals surface area contributed by atoms with Gasteiger partial charge in [0.25, 0.3) is 5.91 Å². The first kappa shape index (κ1) is 21.9. The third-order valence-corrected chi connectivity index (χ3v) is 5.14. The quantitative estimate of drug-likeness (QED) is 0.331. The number of nitrogens with one attached hydrogen (secondary N) is 3. The standard InChI is InChI=1S/C22H20ClF2N5O2/c23-14-5-6-16(25)21-20(14)29-18(30-21)7-9-26-10-8-19-28-17(12-32-19)22(31)27-11-13-3-1-2-4-15(13)24/h1-6,12,26H,7-11H2,(H,27,31)(H,29,30). The van der Waals surface area contributed by atoms with Crippen molar-refractivity contribution in [3.05, 3.63) is 82.3 Å². The van der Waals surface area contributed by atoms with Crippen molar-refractivity contribution in [2.45, 2.75) is 19.4 Å². The Morgan fingerprint density at radius 3 is 2.69 bits per heavy atom. The van der Waals surface area contributed by atoms with Gasteiger partial charge < -0.3 is 20.0 Å². The first-order valence-electron chi connectivity index (χ1n) is 10.0. The highest BCUT2D eigenvalue weighted by atomic mass is 35.5. The van der Waals surface area contributed by atoms with Gasteiger partial charge in [0.2, 0.25) is 0 Å². The number of carbonyl (C=O) groups excluding carboxylic acids is 1. The first-order valence-corrected chi connectivity index (χ1v) is 10.4. The number of nitrogens with zero attached hydrogens (tertiary/aromatic N) is 2. The molecule has 4 aromatic rings. The highest BCUT2D eigenvalue weighted by molar-refractivity contribution is 6.34. The van der Waals surface area contributed by atoms with Crippen molar-refractivity contribution in [1.82, 2.24) is 25.6 Å². The van der Waals surface area contributed by atoms with E-state index in [0.29, 0.717) is 53.7 Å². The number of fused-ring (bicyclic) bond motifs is 1. The molecule has 0 atom stereocenters. The zero-order chi connectivity index (χ0) is 22.5. The second-order valence-electron chi connectivity index (χ2n) is 7.09. The third kappa shape index (κ3) is 5.12. The lowest BCUT2D eigenvalue weighted by Gasteiger charge is -2.04. The molecule has 7 nitrogen and oxygen atoms in total. The number of halogens is 3. The molecule has 0 bridgehead atoms. The Kier molecular flexibility index (Phi) is 6.77. The lowest BCUT2D eigenvalue weighted by atomic mass is 10.2. The van der Waals surface area contributed by atoms with E-state index in [0.717, 1.165) is 0 Å². The van der Waals surface area contributed by atoms with E-state index in [1.165, 1.54) is 24.5 Å². The smallest absolute Gasteiger partial charge is 0.273 e.